The van der Waals surface area contributed by atoms with E-state index in [2.05, 4.69) is 5.32 Å². The topological polar surface area (TPSA) is 90.0 Å². The van der Waals surface area contributed by atoms with Gasteiger partial charge in [-0.1, -0.05) is 12.1 Å². The minimum Gasteiger partial charge on any atom is -0.506 e. The number of carbonyl (C=O) groups is 1. The number of carbonyl (C=O) groups excluding carboxylic acids is 1. The van der Waals surface area contributed by atoms with Gasteiger partial charge in [0.1, 0.15) is 0 Å². The van der Waals surface area contributed by atoms with Crippen molar-refractivity contribution in [2.75, 3.05) is 35.7 Å². The Bertz CT molecular complexity index is 995. The van der Waals surface area contributed by atoms with E-state index in [1.807, 2.05) is 19.0 Å². The van der Waals surface area contributed by atoms with Gasteiger partial charge in [0.2, 0.25) is 0 Å². The van der Waals surface area contributed by atoms with E-state index in [1.165, 1.54) is 7.05 Å². The van der Waals surface area contributed by atoms with Crippen molar-refractivity contribution in [3.05, 3.63) is 59.0 Å². The lowest BCUT2D eigenvalue weighted by Crippen LogP contribution is -2.37. The highest BCUT2D eigenvalue weighted by molar-refractivity contribution is 7.97. The van der Waals surface area contributed by atoms with Crippen LogP contribution in [0.3, 0.4) is 0 Å². The zero-order valence-corrected chi connectivity index (χ0v) is 15.4. The second-order valence-corrected chi connectivity index (χ2v) is 7.97. The van der Waals surface area contributed by atoms with Crippen LogP contribution in [0, 0.1) is 0 Å². The number of nitrogens with zero attached hydrogens (tertiary/aromatic N) is 2. The van der Waals surface area contributed by atoms with Crippen molar-refractivity contribution in [3.63, 3.8) is 0 Å². The summed E-state index contributed by atoms with van der Waals surface area (Å²) in [5.74, 6) is -1.44. The summed E-state index contributed by atoms with van der Waals surface area (Å²) in [6.45, 7) is 0. The summed E-state index contributed by atoms with van der Waals surface area (Å²) < 4.78 is 26.4. The van der Waals surface area contributed by atoms with Crippen LogP contribution in [0.25, 0.3) is 5.76 Å². The fourth-order valence-electron chi connectivity index (χ4n) is 2.71. The van der Waals surface area contributed by atoms with E-state index in [4.69, 9.17) is 0 Å². The number of nitrogens with one attached hydrogen (secondary N) is 1. The molecule has 0 bridgehead atoms. The zero-order valence-electron chi connectivity index (χ0n) is 14.6. The highest BCUT2D eigenvalue weighted by Crippen LogP contribution is 2.37. The first-order valence-corrected chi connectivity index (χ1v) is 9.28. The third-order valence-electron chi connectivity index (χ3n) is 4.18. The van der Waals surface area contributed by atoms with Gasteiger partial charge in [-0.05, 0) is 36.4 Å². The number of benzene rings is 2. The van der Waals surface area contributed by atoms with Crippen LogP contribution in [0.1, 0.15) is 5.56 Å². The molecule has 0 spiro atoms. The normalized spacial score (nSPS) is 15.4. The molecule has 0 unspecified atom stereocenters. The van der Waals surface area contributed by atoms with Gasteiger partial charge >= 0.3 is 0 Å². The second-order valence-electron chi connectivity index (χ2n) is 6.06. The lowest BCUT2D eigenvalue weighted by Gasteiger charge is -2.28. The molecular weight excluding hydrogens is 354 g/mol. The number of sulfonamides is 1. The number of hydrogen-bond acceptors (Lipinski definition) is 5. The molecule has 1 aliphatic heterocycles. The van der Waals surface area contributed by atoms with Crippen molar-refractivity contribution in [2.45, 2.75) is 0 Å². The molecule has 0 saturated heterocycles. The van der Waals surface area contributed by atoms with Gasteiger partial charge in [-0.15, -0.1) is 0 Å². The van der Waals surface area contributed by atoms with Crippen LogP contribution in [0.5, 0.6) is 0 Å². The van der Waals surface area contributed by atoms with Crippen LogP contribution < -0.4 is 14.5 Å². The van der Waals surface area contributed by atoms with Gasteiger partial charge in [0.05, 0.1) is 5.69 Å². The zero-order chi connectivity index (χ0) is 19.1. The first kappa shape index (κ1) is 17.8. The molecule has 26 heavy (non-hydrogen) atoms. The quantitative estimate of drug-likeness (QED) is 0.862. The van der Waals surface area contributed by atoms with Crippen LogP contribution in [-0.4, -0.2) is 40.6 Å². The smallest absolute Gasteiger partial charge is 0.273 e. The van der Waals surface area contributed by atoms with Gasteiger partial charge < -0.3 is 15.3 Å². The van der Waals surface area contributed by atoms with Crippen LogP contribution in [0.2, 0.25) is 0 Å². The summed E-state index contributed by atoms with van der Waals surface area (Å²) in [6.07, 6.45) is 0. The third kappa shape index (κ3) is 2.88. The molecule has 0 aliphatic carbocycles. The second kappa shape index (κ2) is 6.38. The summed E-state index contributed by atoms with van der Waals surface area (Å²) >= 11 is 0. The number of amides is 1. The minimum atomic E-state index is -4.16. The van der Waals surface area contributed by atoms with Gasteiger partial charge in [0.15, 0.2) is 10.7 Å². The summed E-state index contributed by atoms with van der Waals surface area (Å²) in [5, 5.41) is 13.0. The first-order valence-electron chi connectivity index (χ1n) is 7.84. The van der Waals surface area contributed by atoms with Crippen LogP contribution >= 0.6 is 0 Å². The Hall–Kier alpha value is -3.00. The van der Waals surface area contributed by atoms with Gasteiger partial charge in [0, 0.05) is 38.1 Å². The summed E-state index contributed by atoms with van der Waals surface area (Å²) in [7, 11) is 0.958. The first-order chi connectivity index (χ1) is 12.2. The number of aliphatic hydroxyl groups is 1. The summed E-state index contributed by atoms with van der Waals surface area (Å²) in [5.41, 5.74) is 1.97. The molecule has 0 atom stereocenters. The average molecular weight is 373 g/mol. The lowest BCUT2D eigenvalue weighted by atomic mass is 10.1. The van der Waals surface area contributed by atoms with Crippen molar-refractivity contribution >= 4 is 38.8 Å². The molecule has 2 aromatic rings. The minimum absolute atomic E-state index is 0.290. The molecule has 136 valence electrons. The average Bonchev–Trinajstić information content (AvgIpc) is 2.60. The highest BCUT2D eigenvalue weighted by Gasteiger charge is 2.39. The molecule has 0 aromatic heterocycles. The van der Waals surface area contributed by atoms with E-state index in [0.29, 0.717) is 11.4 Å². The van der Waals surface area contributed by atoms with Gasteiger partial charge in [0.25, 0.3) is 15.9 Å². The maximum Gasteiger partial charge on any atom is 0.273 e. The van der Waals surface area contributed by atoms with E-state index in [0.717, 1.165) is 9.99 Å². The van der Waals surface area contributed by atoms with Crippen molar-refractivity contribution < 1.29 is 18.3 Å². The van der Waals surface area contributed by atoms with E-state index < -0.39 is 26.6 Å². The molecule has 2 N–H and O–H groups in total. The number of hydrogen-bond donors (Lipinski definition) is 2. The molecule has 0 saturated carbocycles. The molecule has 0 fully saturated rings. The van der Waals surface area contributed by atoms with Crippen LogP contribution in [-0.2, 0) is 14.8 Å². The monoisotopic (exact) mass is 373 g/mol. The predicted molar refractivity (Wildman–Crippen MR) is 103 cm³/mol. The maximum atomic E-state index is 12.7. The van der Waals surface area contributed by atoms with Crippen molar-refractivity contribution in [3.8, 4) is 0 Å². The van der Waals surface area contributed by atoms with Crippen molar-refractivity contribution in [1.82, 2.24) is 0 Å². The molecule has 7 nitrogen and oxygen atoms in total. The Balaban J connectivity index is 2.00. The van der Waals surface area contributed by atoms with E-state index in [1.54, 1.807) is 48.5 Å². The van der Waals surface area contributed by atoms with Gasteiger partial charge in [-0.2, -0.15) is 0 Å². The number of fused-ring (bicyclic) bond motifs is 1. The Kier molecular flexibility index (Phi) is 4.37. The largest absolute Gasteiger partial charge is 0.506 e. The summed E-state index contributed by atoms with van der Waals surface area (Å²) in [4.78, 5) is 13.9. The number of rotatable bonds is 3. The van der Waals surface area contributed by atoms with Crippen molar-refractivity contribution in [2.24, 2.45) is 0 Å². The van der Waals surface area contributed by atoms with E-state index in [9.17, 15) is 18.3 Å². The Morgan fingerprint density at radius 3 is 2.31 bits per heavy atom. The maximum absolute atomic E-state index is 12.7. The molecule has 1 amide bonds. The molecular formula is C18H19N3O4S. The molecule has 0 radical (unpaired) electrons. The third-order valence-corrected chi connectivity index (χ3v) is 5.99. The Morgan fingerprint density at radius 1 is 1.08 bits per heavy atom. The van der Waals surface area contributed by atoms with Gasteiger partial charge in [-0.25, -0.2) is 8.42 Å². The molecule has 3 rings (SSSR count). The summed E-state index contributed by atoms with van der Waals surface area (Å²) in [6, 6.07) is 13.4. The van der Waals surface area contributed by atoms with E-state index >= 15 is 0 Å². The fraction of sp³-hybridized carbons (Fsp3) is 0.167. The molecule has 2 aromatic carbocycles. The Labute approximate surface area is 152 Å². The standard InChI is InChI=1S/C18H19N3O4S/c1-20(2)13-10-8-12(9-11-13)19-18(23)17-16(22)14-6-4-5-7-15(14)21(3)26(17,24)25/h4-11,22H,1-3H3,(H,19,23). The predicted octanol–water partition coefficient (Wildman–Crippen LogP) is 2.40. The molecule has 8 heteroatoms. The number of para-hydroxylation sites is 1. The van der Waals surface area contributed by atoms with Crippen LogP contribution in [0.4, 0.5) is 17.1 Å². The van der Waals surface area contributed by atoms with Gasteiger partial charge in [-0.3, -0.25) is 9.10 Å². The SMILES string of the molecule is CN(C)c1ccc(NC(=O)C2=C(O)c3ccccc3N(C)S2(=O)=O)cc1. The lowest BCUT2D eigenvalue weighted by molar-refractivity contribution is -0.112. The van der Waals surface area contributed by atoms with Crippen LogP contribution in [0.15, 0.2) is 53.4 Å². The fourth-order valence-corrected chi connectivity index (χ4v) is 4.05. The Morgan fingerprint density at radius 2 is 1.69 bits per heavy atom. The highest BCUT2D eigenvalue weighted by atomic mass is 32.2. The number of aliphatic hydroxyl groups excluding tert-OH is 1. The molecule has 1 aliphatic rings. The van der Waals surface area contributed by atoms with Crippen molar-refractivity contribution in [1.29, 1.82) is 0 Å². The number of anilines is 3. The van der Waals surface area contributed by atoms with E-state index in [-0.39, 0.29) is 5.56 Å². The molecule has 1 heterocycles.